The highest BCUT2D eigenvalue weighted by Gasteiger charge is 2.04. The van der Waals surface area contributed by atoms with Crippen molar-refractivity contribution < 1.29 is 14.6 Å². The van der Waals surface area contributed by atoms with Crippen LogP contribution < -0.4 is 10.6 Å². The highest BCUT2D eigenvalue weighted by atomic mass is 16.5. The molecule has 0 fully saturated rings. The molecule has 0 aliphatic rings. The van der Waals surface area contributed by atoms with Gasteiger partial charge in [-0.1, -0.05) is 12.1 Å². The van der Waals surface area contributed by atoms with Crippen LogP contribution in [0.4, 0.5) is 0 Å². The lowest BCUT2D eigenvalue weighted by Gasteiger charge is -2.10. The van der Waals surface area contributed by atoms with Crippen LogP contribution in [0.2, 0.25) is 0 Å². The molecule has 18 heavy (non-hydrogen) atoms. The highest BCUT2D eigenvalue weighted by molar-refractivity contribution is 5.93. The van der Waals surface area contributed by atoms with E-state index in [1.54, 1.807) is 26.3 Å². The summed E-state index contributed by atoms with van der Waals surface area (Å²) in [6.07, 6.45) is -0.500. The van der Waals surface area contributed by atoms with E-state index in [0.29, 0.717) is 25.3 Å². The van der Waals surface area contributed by atoms with E-state index in [-0.39, 0.29) is 5.91 Å². The molecule has 0 saturated carbocycles. The van der Waals surface area contributed by atoms with E-state index in [1.807, 2.05) is 12.1 Å². The van der Waals surface area contributed by atoms with Crippen LogP contribution in [0.3, 0.4) is 0 Å². The maximum Gasteiger partial charge on any atom is 0.251 e. The van der Waals surface area contributed by atoms with Gasteiger partial charge >= 0.3 is 0 Å². The number of methoxy groups -OCH3 is 1. The average Bonchev–Trinajstić information content (AvgIpc) is 2.39. The van der Waals surface area contributed by atoms with E-state index < -0.39 is 6.10 Å². The molecule has 0 aliphatic carbocycles. The van der Waals surface area contributed by atoms with Crippen LogP contribution in [0.15, 0.2) is 24.3 Å². The van der Waals surface area contributed by atoms with Crippen LogP contribution in [0.1, 0.15) is 15.9 Å². The average molecular weight is 252 g/mol. The van der Waals surface area contributed by atoms with Gasteiger partial charge in [-0.25, -0.2) is 0 Å². The first kappa shape index (κ1) is 14.6. The van der Waals surface area contributed by atoms with Crippen LogP contribution in [0, 0.1) is 0 Å². The van der Waals surface area contributed by atoms with Crippen molar-refractivity contribution in [2.45, 2.75) is 12.6 Å². The number of aliphatic hydroxyl groups is 1. The fourth-order valence-electron chi connectivity index (χ4n) is 1.55. The molecular weight excluding hydrogens is 232 g/mol. The Morgan fingerprint density at radius 3 is 2.61 bits per heavy atom. The summed E-state index contributed by atoms with van der Waals surface area (Å²) in [6.45, 7) is 1.45. The van der Waals surface area contributed by atoms with Crippen LogP contribution in [-0.4, -0.2) is 44.4 Å². The van der Waals surface area contributed by atoms with Crippen LogP contribution in [0.5, 0.6) is 0 Å². The van der Waals surface area contributed by atoms with Crippen molar-refractivity contribution in [2.24, 2.45) is 0 Å². The smallest absolute Gasteiger partial charge is 0.251 e. The van der Waals surface area contributed by atoms with Gasteiger partial charge < -0.3 is 20.5 Å². The summed E-state index contributed by atoms with van der Waals surface area (Å²) >= 11 is 0. The minimum atomic E-state index is -0.500. The predicted octanol–water partition coefficient (Wildman–Crippen LogP) is 0.143. The van der Waals surface area contributed by atoms with Gasteiger partial charge in [0, 0.05) is 32.8 Å². The zero-order valence-electron chi connectivity index (χ0n) is 10.8. The second-order valence-corrected chi connectivity index (χ2v) is 4.02. The van der Waals surface area contributed by atoms with Crippen molar-refractivity contribution in [1.82, 2.24) is 10.6 Å². The monoisotopic (exact) mass is 252 g/mol. The summed E-state index contributed by atoms with van der Waals surface area (Å²) in [5.41, 5.74) is 1.70. The fourth-order valence-corrected chi connectivity index (χ4v) is 1.55. The van der Waals surface area contributed by atoms with Crippen molar-refractivity contribution in [3.05, 3.63) is 35.4 Å². The third-order valence-corrected chi connectivity index (χ3v) is 2.51. The van der Waals surface area contributed by atoms with Crippen molar-refractivity contribution in [3.63, 3.8) is 0 Å². The topological polar surface area (TPSA) is 70.6 Å². The van der Waals surface area contributed by atoms with Gasteiger partial charge in [-0.15, -0.1) is 0 Å². The van der Waals surface area contributed by atoms with Gasteiger partial charge in [-0.2, -0.15) is 0 Å². The number of ether oxygens (including phenoxy) is 1. The minimum absolute atomic E-state index is 0.0926. The molecule has 3 N–H and O–H groups in total. The van der Waals surface area contributed by atoms with Gasteiger partial charge in [-0.05, 0) is 17.7 Å². The summed E-state index contributed by atoms with van der Waals surface area (Å²) < 4.78 is 4.83. The minimum Gasteiger partial charge on any atom is -0.389 e. The number of nitrogens with one attached hydrogen (secondary N) is 2. The molecule has 1 atom stereocenters. The highest BCUT2D eigenvalue weighted by Crippen LogP contribution is 2.04. The third kappa shape index (κ3) is 4.83. The standard InChI is InChI=1S/C13H20N2O3/c1-14-13(17)11-5-3-10(4-6-11)7-15-8-12(16)9-18-2/h3-6,12,15-16H,7-9H2,1-2H3,(H,14,17). The number of hydrogen-bond acceptors (Lipinski definition) is 4. The number of rotatable bonds is 7. The van der Waals surface area contributed by atoms with Gasteiger partial charge in [0.15, 0.2) is 0 Å². The second-order valence-electron chi connectivity index (χ2n) is 4.02. The quantitative estimate of drug-likeness (QED) is 0.646. The van der Waals surface area contributed by atoms with Crippen LogP contribution >= 0.6 is 0 Å². The Morgan fingerprint density at radius 1 is 1.39 bits per heavy atom. The molecule has 1 aromatic rings. The normalized spacial score (nSPS) is 12.2. The largest absolute Gasteiger partial charge is 0.389 e. The van der Waals surface area contributed by atoms with E-state index in [2.05, 4.69) is 10.6 Å². The first-order valence-corrected chi connectivity index (χ1v) is 5.86. The molecule has 5 heteroatoms. The van der Waals surface area contributed by atoms with Crippen LogP contribution in [-0.2, 0) is 11.3 Å². The molecule has 1 aromatic carbocycles. The Balaban J connectivity index is 2.37. The van der Waals surface area contributed by atoms with Gasteiger partial charge in [-0.3, -0.25) is 4.79 Å². The number of hydrogen-bond donors (Lipinski definition) is 3. The summed E-state index contributed by atoms with van der Waals surface area (Å²) in [4.78, 5) is 11.3. The first-order valence-electron chi connectivity index (χ1n) is 5.86. The Kier molecular flexibility index (Phi) is 6.35. The molecule has 1 rings (SSSR count). The molecule has 0 radical (unpaired) electrons. The van der Waals surface area contributed by atoms with Gasteiger partial charge in [0.1, 0.15) is 0 Å². The zero-order chi connectivity index (χ0) is 13.4. The molecular formula is C13H20N2O3. The Bertz CT molecular complexity index is 365. The van der Waals surface area contributed by atoms with E-state index in [9.17, 15) is 9.90 Å². The molecule has 0 spiro atoms. The molecule has 0 aromatic heterocycles. The molecule has 100 valence electrons. The zero-order valence-corrected chi connectivity index (χ0v) is 10.8. The Morgan fingerprint density at radius 2 is 2.06 bits per heavy atom. The number of carbonyl (C=O) groups is 1. The second kappa shape index (κ2) is 7.81. The molecule has 0 saturated heterocycles. The van der Waals surface area contributed by atoms with Gasteiger partial charge in [0.05, 0.1) is 12.7 Å². The number of benzene rings is 1. The number of aliphatic hydroxyl groups excluding tert-OH is 1. The molecule has 0 bridgehead atoms. The van der Waals surface area contributed by atoms with Gasteiger partial charge in [0.25, 0.3) is 5.91 Å². The van der Waals surface area contributed by atoms with Crippen LogP contribution in [0.25, 0.3) is 0 Å². The van der Waals surface area contributed by atoms with Crippen molar-refractivity contribution >= 4 is 5.91 Å². The summed E-state index contributed by atoms with van der Waals surface area (Å²) in [6, 6.07) is 7.34. The number of amides is 1. The summed E-state index contributed by atoms with van der Waals surface area (Å²) in [5.74, 6) is -0.0926. The third-order valence-electron chi connectivity index (χ3n) is 2.51. The van der Waals surface area contributed by atoms with E-state index in [0.717, 1.165) is 5.56 Å². The molecule has 1 unspecified atom stereocenters. The number of carbonyl (C=O) groups excluding carboxylic acids is 1. The van der Waals surface area contributed by atoms with E-state index >= 15 is 0 Å². The lowest BCUT2D eigenvalue weighted by Crippen LogP contribution is -2.29. The predicted molar refractivity (Wildman–Crippen MR) is 69.4 cm³/mol. The molecule has 0 aliphatic heterocycles. The molecule has 5 nitrogen and oxygen atoms in total. The van der Waals surface area contributed by atoms with Crippen molar-refractivity contribution in [3.8, 4) is 0 Å². The first-order chi connectivity index (χ1) is 8.67. The fraction of sp³-hybridized carbons (Fsp3) is 0.462. The van der Waals surface area contributed by atoms with Gasteiger partial charge in [0.2, 0.25) is 0 Å². The summed E-state index contributed by atoms with van der Waals surface area (Å²) in [5, 5.41) is 15.1. The van der Waals surface area contributed by atoms with Crippen molar-refractivity contribution in [1.29, 1.82) is 0 Å². The lowest BCUT2D eigenvalue weighted by atomic mass is 10.1. The van der Waals surface area contributed by atoms with E-state index in [1.165, 1.54) is 0 Å². The molecule has 0 heterocycles. The lowest BCUT2D eigenvalue weighted by molar-refractivity contribution is 0.0644. The maximum atomic E-state index is 11.3. The SMILES string of the molecule is CNC(=O)c1ccc(CNCC(O)COC)cc1. The molecule has 1 amide bonds. The van der Waals surface area contributed by atoms with E-state index in [4.69, 9.17) is 4.74 Å². The Labute approximate surface area is 107 Å². The Hall–Kier alpha value is -1.43. The summed E-state index contributed by atoms with van der Waals surface area (Å²) in [7, 11) is 3.16. The maximum absolute atomic E-state index is 11.3. The van der Waals surface area contributed by atoms with Crippen molar-refractivity contribution in [2.75, 3.05) is 27.3 Å².